The second-order valence-electron chi connectivity index (χ2n) is 5.57. The number of carbonyl (C=O) groups is 2. The summed E-state index contributed by atoms with van der Waals surface area (Å²) < 4.78 is 5.00. The number of ether oxygens (including phenoxy) is 1. The zero-order chi connectivity index (χ0) is 15.7. The molecule has 1 fully saturated rings. The number of carbonyl (C=O) groups excluding carboxylic acids is 1. The van der Waals surface area contributed by atoms with Crippen molar-refractivity contribution in [3.05, 3.63) is 12.7 Å². The van der Waals surface area contributed by atoms with Crippen molar-refractivity contribution in [1.29, 1.82) is 0 Å². The Labute approximate surface area is 126 Å². The largest absolute Gasteiger partial charge is 0.481 e. The molecule has 2 N–H and O–H groups in total. The fourth-order valence-corrected chi connectivity index (χ4v) is 2.80. The predicted molar refractivity (Wildman–Crippen MR) is 80.2 cm³/mol. The topological polar surface area (TPSA) is 78.9 Å². The first-order valence-corrected chi connectivity index (χ1v) is 7.42. The molecule has 0 unspecified atom stereocenters. The summed E-state index contributed by atoms with van der Waals surface area (Å²) in [5, 5.41) is 12.1. The van der Waals surface area contributed by atoms with Crippen LogP contribution in [-0.4, -0.2) is 54.4 Å². The number of rotatable bonds is 8. The first-order valence-electron chi connectivity index (χ1n) is 7.42. The molecule has 2 amide bonds. The monoisotopic (exact) mass is 298 g/mol. The van der Waals surface area contributed by atoms with E-state index in [4.69, 9.17) is 9.84 Å². The molecule has 0 spiro atoms. The van der Waals surface area contributed by atoms with E-state index in [1.54, 1.807) is 18.1 Å². The van der Waals surface area contributed by atoms with Gasteiger partial charge in [0.1, 0.15) is 0 Å². The Morgan fingerprint density at radius 3 is 2.57 bits per heavy atom. The fourth-order valence-electron chi connectivity index (χ4n) is 2.80. The van der Waals surface area contributed by atoms with Crippen molar-refractivity contribution in [3.8, 4) is 0 Å². The molecule has 1 aliphatic rings. The van der Waals surface area contributed by atoms with E-state index in [2.05, 4.69) is 11.9 Å². The zero-order valence-electron chi connectivity index (χ0n) is 12.8. The molecule has 1 rings (SSSR count). The molecule has 0 atom stereocenters. The van der Waals surface area contributed by atoms with Crippen molar-refractivity contribution in [2.45, 2.75) is 44.1 Å². The van der Waals surface area contributed by atoms with E-state index in [9.17, 15) is 9.59 Å². The number of hydrogen-bond acceptors (Lipinski definition) is 3. The number of amides is 2. The van der Waals surface area contributed by atoms with Gasteiger partial charge in [-0.2, -0.15) is 0 Å². The van der Waals surface area contributed by atoms with Gasteiger partial charge in [0.2, 0.25) is 0 Å². The Morgan fingerprint density at radius 1 is 1.38 bits per heavy atom. The minimum absolute atomic E-state index is 0.0229. The van der Waals surface area contributed by atoms with E-state index < -0.39 is 11.5 Å². The van der Waals surface area contributed by atoms with Crippen molar-refractivity contribution in [2.24, 2.45) is 0 Å². The smallest absolute Gasteiger partial charge is 0.318 e. The van der Waals surface area contributed by atoms with Gasteiger partial charge in [0, 0.05) is 20.2 Å². The first-order chi connectivity index (χ1) is 10.0. The number of urea groups is 1. The Morgan fingerprint density at radius 2 is 2.05 bits per heavy atom. The highest BCUT2D eigenvalue weighted by molar-refractivity contribution is 5.77. The molecule has 1 saturated carbocycles. The summed E-state index contributed by atoms with van der Waals surface area (Å²) in [5.74, 6) is -0.871. The third-order valence-corrected chi connectivity index (χ3v) is 3.87. The lowest BCUT2D eigenvalue weighted by Crippen LogP contribution is -2.55. The van der Waals surface area contributed by atoms with Crippen molar-refractivity contribution in [3.63, 3.8) is 0 Å². The maximum absolute atomic E-state index is 12.4. The van der Waals surface area contributed by atoms with Crippen LogP contribution in [0.25, 0.3) is 0 Å². The number of hydrogen-bond donors (Lipinski definition) is 2. The summed E-state index contributed by atoms with van der Waals surface area (Å²) in [6.45, 7) is 4.96. The summed E-state index contributed by atoms with van der Waals surface area (Å²) in [5.41, 5.74) is -0.617. The molecule has 0 aromatic carbocycles. The lowest BCUT2D eigenvalue weighted by molar-refractivity contribution is -0.139. The molecule has 6 heteroatoms. The van der Waals surface area contributed by atoms with Crippen LogP contribution in [0.4, 0.5) is 4.79 Å². The minimum Gasteiger partial charge on any atom is -0.481 e. The average Bonchev–Trinajstić information content (AvgIpc) is 2.43. The highest BCUT2D eigenvalue weighted by Gasteiger charge is 2.36. The van der Waals surface area contributed by atoms with Crippen molar-refractivity contribution in [2.75, 3.05) is 26.8 Å². The molecule has 6 nitrogen and oxygen atoms in total. The summed E-state index contributed by atoms with van der Waals surface area (Å²) in [7, 11) is 1.58. The second kappa shape index (κ2) is 8.67. The van der Waals surface area contributed by atoms with E-state index in [-0.39, 0.29) is 12.5 Å². The van der Waals surface area contributed by atoms with Crippen LogP contribution in [0.15, 0.2) is 12.7 Å². The molecule has 21 heavy (non-hydrogen) atoms. The minimum atomic E-state index is -0.871. The van der Waals surface area contributed by atoms with Gasteiger partial charge in [-0.1, -0.05) is 25.3 Å². The maximum atomic E-state index is 12.4. The normalized spacial score (nSPS) is 17.0. The van der Waals surface area contributed by atoms with Crippen LogP contribution < -0.4 is 5.32 Å². The Balaban J connectivity index is 2.72. The van der Waals surface area contributed by atoms with Gasteiger partial charge in [0.15, 0.2) is 0 Å². The third kappa shape index (κ3) is 5.75. The molecule has 0 aliphatic heterocycles. The van der Waals surface area contributed by atoms with Gasteiger partial charge in [0.05, 0.1) is 18.6 Å². The van der Waals surface area contributed by atoms with Crippen LogP contribution in [0, 0.1) is 0 Å². The highest BCUT2D eigenvalue weighted by Crippen LogP contribution is 2.31. The second-order valence-corrected chi connectivity index (χ2v) is 5.57. The zero-order valence-corrected chi connectivity index (χ0v) is 12.8. The van der Waals surface area contributed by atoms with Crippen molar-refractivity contribution < 1.29 is 19.4 Å². The van der Waals surface area contributed by atoms with Gasteiger partial charge in [-0.15, -0.1) is 6.58 Å². The molecule has 1 aliphatic carbocycles. The van der Waals surface area contributed by atoms with Gasteiger partial charge < -0.3 is 20.1 Å². The third-order valence-electron chi connectivity index (χ3n) is 3.87. The summed E-state index contributed by atoms with van der Waals surface area (Å²) in [4.78, 5) is 25.1. The van der Waals surface area contributed by atoms with E-state index >= 15 is 0 Å². The molecule has 0 saturated heterocycles. The number of carboxylic acids is 1. The Hall–Kier alpha value is -1.56. The average molecular weight is 298 g/mol. The van der Waals surface area contributed by atoms with Crippen LogP contribution in [0.1, 0.15) is 38.5 Å². The molecular weight excluding hydrogens is 272 g/mol. The van der Waals surface area contributed by atoms with Gasteiger partial charge in [-0.3, -0.25) is 4.79 Å². The van der Waals surface area contributed by atoms with Crippen molar-refractivity contribution in [1.82, 2.24) is 10.2 Å². The molecule has 0 radical (unpaired) electrons. The lowest BCUT2D eigenvalue weighted by atomic mass is 9.79. The standard InChI is InChI=1S/C15H26N2O4/c1-3-9-17(10-11-21-2)14(20)16-15(12-13(18)19)7-5-4-6-8-15/h3H,1,4-12H2,2H3,(H,16,20)(H,18,19). The molecule has 0 aromatic rings. The van der Waals surface area contributed by atoms with E-state index in [0.29, 0.717) is 19.7 Å². The Bertz CT molecular complexity index is 365. The van der Waals surface area contributed by atoms with E-state index in [1.807, 2.05) is 0 Å². The predicted octanol–water partition coefficient (Wildman–Crippen LogP) is 2.01. The van der Waals surface area contributed by atoms with Gasteiger partial charge in [0.25, 0.3) is 0 Å². The molecule has 120 valence electrons. The molecular formula is C15H26N2O4. The number of nitrogens with one attached hydrogen (secondary N) is 1. The van der Waals surface area contributed by atoms with Crippen LogP contribution in [0.2, 0.25) is 0 Å². The highest BCUT2D eigenvalue weighted by atomic mass is 16.5. The number of aliphatic carboxylic acids is 1. The van der Waals surface area contributed by atoms with Gasteiger partial charge in [-0.25, -0.2) is 4.79 Å². The summed E-state index contributed by atoms with van der Waals surface area (Å²) in [6.07, 6.45) is 6.07. The number of carboxylic acid groups (broad SMARTS) is 1. The molecule has 0 heterocycles. The summed E-state index contributed by atoms with van der Waals surface area (Å²) in [6, 6.07) is -0.241. The van der Waals surface area contributed by atoms with E-state index in [0.717, 1.165) is 32.1 Å². The van der Waals surface area contributed by atoms with Crippen LogP contribution in [0.5, 0.6) is 0 Å². The van der Waals surface area contributed by atoms with Crippen LogP contribution >= 0.6 is 0 Å². The van der Waals surface area contributed by atoms with E-state index in [1.165, 1.54) is 0 Å². The number of nitrogens with zero attached hydrogens (tertiary/aromatic N) is 1. The lowest BCUT2D eigenvalue weighted by Gasteiger charge is -2.38. The van der Waals surface area contributed by atoms with Crippen LogP contribution in [0.3, 0.4) is 0 Å². The number of methoxy groups -OCH3 is 1. The van der Waals surface area contributed by atoms with Gasteiger partial charge >= 0.3 is 12.0 Å². The maximum Gasteiger partial charge on any atom is 0.318 e. The van der Waals surface area contributed by atoms with Crippen molar-refractivity contribution >= 4 is 12.0 Å². The molecule has 0 bridgehead atoms. The quantitative estimate of drug-likeness (QED) is 0.672. The first kappa shape index (κ1) is 17.5. The fraction of sp³-hybridized carbons (Fsp3) is 0.733. The summed E-state index contributed by atoms with van der Waals surface area (Å²) >= 11 is 0. The Kier molecular flexibility index (Phi) is 7.22. The van der Waals surface area contributed by atoms with Crippen LogP contribution in [-0.2, 0) is 9.53 Å². The molecule has 0 aromatic heterocycles. The van der Waals surface area contributed by atoms with Gasteiger partial charge in [-0.05, 0) is 12.8 Å². The SMILES string of the molecule is C=CCN(CCOC)C(=O)NC1(CC(=O)O)CCCCC1.